The maximum atomic E-state index is 12.5. The number of aromatic nitrogens is 1. The van der Waals surface area contributed by atoms with Gasteiger partial charge in [-0.1, -0.05) is 37.5 Å². The lowest BCUT2D eigenvalue weighted by Gasteiger charge is -2.20. The minimum atomic E-state index is 0.145. The van der Waals surface area contributed by atoms with Gasteiger partial charge in [0.2, 0.25) is 5.91 Å². The molecule has 1 amide bonds. The molecule has 0 atom stereocenters. The molecule has 2 aromatic carbocycles. The van der Waals surface area contributed by atoms with Crippen LogP contribution in [-0.2, 0) is 4.79 Å². The Morgan fingerprint density at radius 2 is 1.48 bits per heavy atom. The van der Waals surface area contributed by atoms with Gasteiger partial charge in [0.05, 0.1) is 11.4 Å². The monoisotopic (exact) mass is 414 g/mol. The lowest BCUT2D eigenvalue weighted by Crippen LogP contribution is -2.24. The van der Waals surface area contributed by atoms with E-state index in [1.807, 2.05) is 60.7 Å². The van der Waals surface area contributed by atoms with Gasteiger partial charge in [0.15, 0.2) is 11.5 Å². The van der Waals surface area contributed by atoms with E-state index in [9.17, 15) is 4.79 Å². The van der Waals surface area contributed by atoms with Crippen LogP contribution in [0, 0.1) is 5.92 Å². The fourth-order valence-electron chi connectivity index (χ4n) is 4.29. The lowest BCUT2D eigenvalue weighted by atomic mass is 9.88. The second-order valence-electron chi connectivity index (χ2n) is 8.17. The van der Waals surface area contributed by atoms with Gasteiger partial charge in [0, 0.05) is 22.7 Å². The molecule has 0 unspecified atom stereocenters. The molecule has 1 saturated carbocycles. The molecular formula is C26H26N2O3. The van der Waals surface area contributed by atoms with Crippen LogP contribution in [-0.4, -0.2) is 24.1 Å². The van der Waals surface area contributed by atoms with E-state index in [1.165, 1.54) is 6.42 Å². The van der Waals surface area contributed by atoms with E-state index >= 15 is 0 Å². The summed E-state index contributed by atoms with van der Waals surface area (Å²) >= 11 is 0. The van der Waals surface area contributed by atoms with Crippen LogP contribution >= 0.6 is 0 Å². The Labute approximate surface area is 182 Å². The van der Waals surface area contributed by atoms with Crippen molar-refractivity contribution in [1.29, 1.82) is 0 Å². The van der Waals surface area contributed by atoms with E-state index in [2.05, 4.69) is 5.32 Å². The molecule has 1 aliphatic carbocycles. The molecule has 0 saturated heterocycles. The van der Waals surface area contributed by atoms with Crippen LogP contribution in [0.25, 0.3) is 22.5 Å². The minimum absolute atomic E-state index is 0.145. The standard InChI is InChI=1S/C26H26N2O3/c29-26(19-5-2-1-3-6-19)27-21-12-9-18(10-13-21)22-7-4-8-23(28-22)20-11-14-24-25(17-20)31-16-15-30-24/h4,7-14,17,19H,1-3,5-6,15-16H2,(H,27,29). The van der Waals surface area contributed by atoms with Gasteiger partial charge in [0.1, 0.15) is 13.2 Å². The minimum Gasteiger partial charge on any atom is -0.486 e. The third-order valence-electron chi connectivity index (χ3n) is 6.01. The zero-order valence-corrected chi connectivity index (χ0v) is 17.5. The highest BCUT2D eigenvalue weighted by atomic mass is 16.6. The summed E-state index contributed by atoms with van der Waals surface area (Å²) in [5.41, 5.74) is 4.60. The van der Waals surface area contributed by atoms with Crippen LogP contribution in [0.1, 0.15) is 32.1 Å². The Hall–Kier alpha value is -3.34. The highest BCUT2D eigenvalue weighted by Gasteiger charge is 2.21. The lowest BCUT2D eigenvalue weighted by molar-refractivity contribution is -0.120. The van der Waals surface area contributed by atoms with Crippen molar-refractivity contribution < 1.29 is 14.3 Å². The average molecular weight is 415 g/mol. The largest absolute Gasteiger partial charge is 0.486 e. The summed E-state index contributed by atoms with van der Waals surface area (Å²) in [6, 6.07) is 19.8. The van der Waals surface area contributed by atoms with Crippen molar-refractivity contribution in [3.8, 4) is 34.0 Å². The van der Waals surface area contributed by atoms with E-state index in [-0.39, 0.29) is 11.8 Å². The zero-order valence-electron chi connectivity index (χ0n) is 17.5. The van der Waals surface area contributed by atoms with Crippen molar-refractivity contribution in [2.45, 2.75) is 32.1 Å². The van der Waals surface area contributed by atoms with E-state index in [4.69, 9.17) is 14.5 Å². The SMILES string of the molecule is O=C(Nc1ccc(-c2cccc(-c3ccc4c(c3)OCCO4)n2)cc1)C1CCCCC1. The molecule has 1 aliphatic heterocycles. The topological polar surface area (TPSA) is 60.5 Å². The molecule has 2 heterocycles. The summed E-state index contributed by atoms with van der Waals surface area (Å²) in [6.45, 7) is 1.14. The molecule has 0 radical (unpaired) electrons. The number of anilines is 1. The first-order valence-corrected chi connectivity index (χ1v) is 11.0. The molecule has 2 aliphatic rings. The number of fused-ring (bicyclic) bond motifs is 1. The van der Waals surface area contributed by atoms with Gasteiger partial charge in [-0.05, 0) is 55.3 Å². The van der Waals surface area contributed by atoms with Gasteiger partial charge in [-0.15, -0.1) is 0 Å². The highest BCUT2D eigenvalue weighted by Crippen LogP contribution is 2.34. The Morgan fingerprint density at radius 3 is 2.26 bits per heavy atom. The van der Waals surface area contributed by atoms with E-state index in [1.54, 1.807) is 0 Å². The number of rotatable bonds is 4. The first-order valence-electron chi connectivity index (χ1n) is 11.0. The number of carbonyl (C=O) groups excluding carboxylic acids is 1. The van der Waals surface area contributed by atoms with Crippen LogP contribution in [0.4, 0.5) is 5.69 Å². The van der Waals surface area contributed by atoms with Gasteiger partial charge in [-0.25, -0.2) is 4.98 Å². The van der Waals surface area contributed by atoms with Crippen LogP contribution < -0.4 is 14.8 Å². The Balaban J connectivity index is 1.32. The van der Waals surface area contributed by atoms with E-state index in [0.29, 0.717) is 13.2 Å². The predicted octanol–water partition coefficient (Wildman–Crippen LogP) is 5.71. The third kappa shape index (κ3) is 4.41. The van der Waals surface area contributed by atoms with Gasteiger partial charge < -0.3 is 14.8 Å². The first kappa shape index (κ1) is 19.6. The van der Waals surface area contributed by atoms with Crippen LogP contribution in [0.5, 0.6) is 11.5 Å². The Bertz CT molecular complexity index is 1070. The van der Waals surface area contributed by atoms with E-state index < -0.39 is 0 Å². The van der Waals surface area contributed by atoms with Gasteiger partial charge in [-0.3, -0.25) is 4.79 Å². The van der Waals surface area contributed by atoms with Gasteiger partial charge in [-0.2, -0.15) is 0 Å². The van der Waals surface area contributed by atoms with Crippen molar-refractivity contribution in [2.75, 3.05) is 18.5 Å². The summed E-state index contributed by atoms with van der Waals surface area (Å²) in [4.78, 5) is 17.3. The molecule has 3 aromatic rings. The number of pyridine rings is 1. The second kappa shape index (κ2) is 8.80. The third-order valence-corrected chi connectivity index (χ3v) is 6.01. The van der Waals surface area contributed by atoms with Gasteiger partial charge in [0.25, 0.3) is 0 Å². The summed E-state index contributed by atoms with van der Waals surface area (Å²) in [5.74, 6) is 1.83. The van der Waals surface area contributed by atoms with Crippen molar-refractivity contribution in [3.63, 3.8) is 0 Å². The molecule has 31 heavy (non-hydrogen) atoms. The molecule has 5 nitrogen and oxygen atoms in total. The Morgan fingerprint density at radius 1 is 0.806 bits per heavy atom. The molecule has 1 N–H and O–H groups in total. The Kier molecular flexibility index (Phi) is 5.57. The molecule has 5 heteroatoms. The smallest absolute Gasteiger partial charge is 0.227 e. The van der Waals surface area contributed by atoms with Crippen molar-refractivity contribution in [2.24, 2.45) is 5.92 Å². The molecule has 0 spiro atoms. The number of ether oxygens (including phenoxy) is 2. The number of amides is 1. The van der Waals surface area contributed by atoms with Crippen molar-refractivity contribution >= 4 is 11.6 Å². The number of hydrogen-bond donors (Lipinski definition) is 1. The molecule has 1 fully saturated rings. The second-order valence-corrected chi connectivity index (χ2v) is 8.17. The average Bonchev–Trinajstić information content (AvgIpc) is 2.85. The molecule has 5 rings (SSSR count). The summed E-state index contributed by atoms with van der Waals surface area (Å²) < 4.78 is 11.3. The fraction of sp³-hybridized carbons (Fsp3) is 0.308. The summed E-state index contributed by atoms with van der Waals surface area (Å²) in [6.07, 6.45) is 5.56. The van der Waals surface area contributed by atoms with Crippen LogP contribution in [0.15, 0.2) is 60.7 Å². The maximum absolute atomic E-state index is 12.5. The fourth-order valence-corrected chi connectivity index (χ4v) is 4.29. The number of carbonyl (C=O) groups is 1. The highest BCUT2D eigenvalue weighted by molar-refractivity contribution is 5.92. The maximum Gasteiger partial charge on any atom is 0.227 e. The quantitative estimate of drug-likeness (QED) is 0.594. The normalized spacial score (nSPS) is 16.0. The van der Waals surface area contributed by atoms with Crippen molar-refractivity contribution in [1.82, 2.24) is 4.98 Å². The van der Waals surface area contributed by atoms with Crippen LogP contribution in [0.2, 0.25) is 0 Å². The predicted molar refractivity (Wildman–Crippen MR) is 121 cm³/mol. The molecular weight excluding hydrogens is 388 g/mol. The number of nitrogens with zero attached hydrogens (tertiary/aromatic N) is 1. The van der Waals surface area contributed by atoms with Crippen LogP contribution in [0.3, 0.4) is 0 Å². The summed E-state index contributed by atoms with van der Waals surface area (Å²) in [5, 5.41) is 3.07. The molecule has 0 bridgehead atoms. The number of hydrogen-bond acceptors (Lipinski definition) is 4. The first-order chi connectivity index (χ1) is 15.3. The molecule has 158 valence electrons. The van der Waals surface area contributed by atoms with Gasteiger partial charge >= 0.3 is 0 Å². The molecule has 1 aromatic heterocycles. The van der Waals surface area contributed by atoms with E-state index in [0.717, 1.165) is 65.4 Å². The summed E-state index contributed by atoms with van der Waals surface area (Å²) in [7, 11) is 0. The number of benzene rings is 2. The number of nitrogens with one attached hydrogen (secondary N) is 1. The van der Waals surface area contributed by atoms with Crippen molar-refractivity contribution in [3.05, 3.63) is 60.7 Å². The zero-order chi connectivity index (χ0) is 21.0.